The standard InChI is InChI=1S/C22H17N3O4S.C2H6/c1-27-21-17-13-19(29-18(17)10-11-23-21)20(26)25-22(30)24-14-6-5-9-16(12-14)28-15-7-3-2-4-8-15;1-2/h2-13H,1H3,(H2,24,25,26,30);1-2H3. The molecule has 0 aliphatic carbocycles. The first-order valence-corrected chi connectivity index (χ1v) is 10.4. The van der Waals surface area contributed by atoms with Gasteiger partial charge in [-0.25, -0.2) is 4.98 Å². The van der Waals surface area contributed by atoms with Gasteiger partial charge in [-0.2, -0.15) is 0 Å². The van der Waals surface area contributed by atoms with E-state index in [0.717, 1.165) is 5.75 Å². The summed E-state index contributed by atoms with van der Waals surface area (Å²) in [6, 6.07) is 19.9. The lowest BCUT2D eigenvalue weighted by Gasteiger charge is -2.10. The molecule has 0 unspecified atom stereocenters. The molecule has 2 heterocycles. The van der Waals surface area contributed by atoms with Gasteiger partial charge in [0.15, 0.2) is 10.9 Å². The molecular weight excluding hydrogens is 426 g/mol. The van der Waals surface area contributed by atoms with Crippen LogP contribution in [-0.2, 0) is 0 Å². The maximum Gasteiger partial charge on any atom is 0.293 e. The Balaban J connectivity index is 0.00000141. The SMILES string of the molecule is CC.COc1nccc2oc(C(=O)NC(=S)Nc3cccc(Oc4ccccc4)c3)cc12. The molecule has 1 amide bonds. The number of thiocarbonyl (C=S) groups is 1. The molecule has 0 aliphatic heterocycles. The molecule has 0 spiro atoms. The van der Waals surface area contributed by atoms with Crippen molar-refractivity contribution in [2.45, 2.75) is 13.8 Å². The quantitative estimate of drug-likeness (QED) is 0.373. The second-order valence-electron chi connectivity index (χ2n) is 6.19. The number of pyridine rings is 1. The number of nitrogens with one attached hydrogen (secondary N) is 2. The normalized spacial score (nSPS) is 9.97. The third-order valence-electron chi connectivity index (χ3n) is 4.12. The van der Waals surface area contributed by atoms with E-state index in [-0.39, 0.29) is 10.9 Å². The third-order valence-corrected chi connectivity index (χ3v) is 4.33. The van der Waals surface area contributed by atoms with E-state index < -0.39 is 5.91 Å². The number of furan rings is 1. The Morgan fingerprint density at radius 2 is 1.75 bits per heavy atom. The van der Waals surface area contributed by atoms with E-state index in [9.17, 15) is 4.79 Å². The highest BCUT2D eigenvalue weighted by atomic mass is 32.1. The summed E-state index contributed by atoms with van der Waals surface area (Å²) in [5.41, 5.74) is 1.17. The number of fused-ring (bicyclic) bond motifs is 1. The summed E-state index contributed by atoms with van der Waals surface area (Å²) in [6.45, 7) is 4.00. The van der Waals surface area contributed by atoms with Gasteiger partial charge in [-0.3, -0.25) is 10.1 Å². The third kappa shape index (κ3) is 5.61. The molecule has 7 nitrogen and oxygen atoms in total. The second-order valence-corrected chi connectivity index (χ2v) is 6.60. The summed E-state index contributed by atoms with van der Waals surface area (Å²) in [4.78, 5) is 16.6. The molecule has 4 aromatic rings. The fourth-order valence-electron chi connectivity index (χ4n) is 2.80. The monoisotopic (exact) mass is 449 g/mol. The zero-order chi connectivity index (χ0) is 22.9. The van der Waals surface area contributed by atoms with Gasteiger partial charge in [0.05, 0.1) is 12.5 Å². The fourth-order valence-corrected chi connectivity index (χ4v) is 3.01. The van der Waals surface area contributed by atoms with Crippen molar-refractivity contribution >= 4 is 39.9 Å². The van der Waals surface area contributed by atoms with Crippen LogP contribution in [0.5, 0.6) is 17.4 Å². The molecule has 0 fully saturated rings. The highest BCUT2D eigenvalue weighted by Crippen LogP contribution is 2.26. The van der Waals surface area contributed by atoms with E-state index in [1.165, 1.54) is 7.11 Å². The van der Waals surface area contributed by atoms with Crippen LogP contribution in [0.3, 0.4) is 0 Å². The van der Waals surface area contributed by atoms with Crippen molar-refractivity contribution in [3.05, 3.63) is 78.7 Å². The molecule has 0 saturated carbocycles. The summed E-state index contributed by atoms with van der Waals surface area (Å²) >= 11 is 5.25. The summed E-state index contributed by atoms with van der Waals surface area (Å²) in [6.07, 6.45) is 1.54. The molecule has 32 heavy (non-hydrogen) atoms. The van der Waals surface area contributed by atoms with Crippen LogP contribution in [0.15, 0.2) is 77.3 Å². The molecule has 0 bridgehead atoms. The topological polar surface area (TPSA) is 85.6 Å². The van der Waals surface area contributed by atoms with Crippen molar-refractivity contribution < 1.29 is 18.7 Å². The summed E-state index contributed by atoms with van der Waals surface area (Å²) in [5.74, 6) is 1.35. The average Bonchev–Trinajstić information content (AvgIpc) is 3.26. The number of amides is 1. The molecule has 0 saturated heterocycles. The van der Waals surface area contributed by atoms with E-state index in [1.807, 2.05) is 62.4 Å². The number of hydrogen-bond donors (Lipinski definition) is 2. The molecule has 2 aromatic carbocycles. The van der Waals surface area contributed by atoms with Crippen LogP contribution in [-0.4, -0.2) is 23.1 Å². The van der Waals surface area contributed by atoms with Crippen molar-refractivity contribution in [1.29, 1.82) is 0 Å². The zero-order valence-electron chi connectivity index (χ0n) is 17.9. The van der Waals surface area contributed by atoms with Crippen LogP contribution in [0.2, 0.25) is 0 Å². The number of hydrogen-bond acceptors (Lipinski definition) is 6. The van der Waals surface area contributed by atoms with E-state index >= 15 is 0 Å². The maximum absolute atomic E-state index is 12.5. The number of carbonyl (C=O) groups excluding carboxylic acids is 1. The minimum atomic E-state index is -0.484. The largest absolute Gasteiger partial charge is 0.480 e. The van der Waals surface area contributed by atoms with Crippen molar-refractivity contribution in [2.24, 2.45) is 0 Å². The van der Waals surface area contributed by atoms with Gasteiger partial charge in [0.25, 0.3) is 5.91 Å². The Hall–Kier alpha value is -3.91. The van der Waals surface area contributed by atoms with Gasteiger partial charge >= 0.3 is 0 Å². The predicted octanol–water partition coefficient (Wildman–Crippen LogP) is 5.78. The highest BCUT2D eigenvalue weighted by Gasteiger charge is 2.16. The Labute approximate surface area is 191 Å². The first-order valence-electron chi connectivity index (χ1n) is 10.0. The van der Waals surface area contributed by atoms with Crippen LogP contribution in [0.1, 0.15) is 24.4 Å². The molecule has 0 aliphatic rings. The smallest absolute Gasteiger partial charge is 0.293 e. The van der Waals surface area contributed by atoms with Crippen LogP contribution in [0.25, 0.3) is 11.0 Å². The number of aromatic nitrogens is 1. The number of para-hydroxylation sites is 1. The number of ether oxygens (including phenoxy) is 2. The van der Waals surface area contributed by atoms with Crippen LogP contribution < -0.4 is 20.1 Å². The van der Waals surface area contributed by atoms with Crippen LogP contribution in [0.4, 0.5) is 5.69 Å². The molecule has 164 valence electrons. The summed E-state index contributed by atoms with van der Waals surface area (Å²) in [5, 5.41) is 6.30. The van der Waals surface area contributed by atoms with Crippen molar-refractivity contribution in [2.75, 3.05) is 12.4 Å². The molecule has 0 atom stereocenters. The number of nitrogens with zero attached hydrogens (tertiary/aromatic N) is 1. The van der Waals surface area contributed by atoms with E-state index in [1.54, 1.807) is 24.4 Å². The number of anilines is 1. The van der Waals surface area contributed by atoms with Gasteiger partial charge in [-0.15, -0.1) is 0 Å². The van der Waals surface area contributed by atoms with E-state index in [4.69, 9.17) is 26.1 Å². The first-order chi connectivity index (χ1) is 15.6. The van der Waals surface area contributed by atoms with Gasteiger partial charge in [0.1, 0.15) is 17.1 Å². The summed E-state index contributed by atoms with van der Waals surface area (Å²) in [7, 11) is 1.50. The van der Waals surface area contributed by atoms with Gasteiger partial charge < -0.3 is 19.2 Å². The minimum absolute atomic E-state index is 0.0987. The minimum Gasteiger partial charge on any atom is -0.480 e. The molecule has 4 rings (SSSR count). The molecular formula is C24H23N3O4S. The van der Waals surface area contributed by atoms with Gasteiger partial charge in [-0.05, 0) is 36.5 Å². The maximum atomic E-state index is 12.5. The zero-order valence-corrected chi connectivity index (χ0v) is 18.7. The van der Waals surface area contributed by atoms with E-state index in [2.05, 4.69) is 15.6 Å². The van der Waals surface area contributed by atoms with Crippen molar-refractivity contribution in [1.82, 2.24) is 10.3 Å². The lowest BCUT2D eigenvalue weighted by Crippen LogP contribution is -2.33. The molecule has 2 N–H and O–H groups in total. The molecule has 8 heteroatoms. The number of methoxy groups -OCH3 is 1. The number of rotatable bonds is 5. The average molecular weight is 450 g/mol. The lowest BCUT2D eigenvalue weighted by atomic mass is 10.3. The Kier molecular flexibility index (Phi) is 7.77. The Morgan fingerprint density at radius 1 is 1.00 bits per heavy atom. The predicted molar refractivity (Wildman–Crippen MR) is 129 cm³/mol. The van der Waals surface area contributed by atoms with Gasteiger partial charge in [0, 0.05) is 30.1 Å². The number of carbonyl (C=O) groups is 1. The first kappa shape index (κ1) is 22.8. The van der Waals surface area contributed by atoms with Gasteiger partial charge in [0.2, 0.25) is 5.88 Å². The lowest BCUT2D eigenvalue weighted by molar-refractivity contribution is 0.0953. The van der Waals surface area contributed by atoms with E-state index in [0.29, 0.717) is 28.3 Å². The molecule has 0 radical (unpaired) electrons. The van der Waals surface area contributed by atoms with Gasteiger partial charge in [-0.1, -0.05) is 38.1 Å². The van der Waals surface area contributed by atoms with Crippen LogP contribution in [0, 0.1) is 0 Å². The highest BCUT2D eigenvalue weighted by molar-refractivity contribution is 7.80. The Bertz CT molecular complexity index is 1210. The second kappa shape index (κ2) is 10.9. The number of benzene rings is 2. The molecule has 2 aromatic heterocycles. The van der Waals surface area contributed by atoms with Crippen LogP contribution >= 0.6 is 12.2 Å². The van der Waals surface area contributed by atoms with Crippen molar-refractivity contribution in [3.8, 4) is 17.4 Å². The summed E-state index contributed by atoms with van der Waals surface area (Å²) < 4.78 is 16.6. The van der Waals surface area contributed by atoms with Crippen molar-refractivity contribution in [3.63, 3.8) is 0 Å². The Morgan fingerprint density at radius 3 is 2.50 bits per heavy atom. The fraction of sp³-hybridized carbons (Fsp3) is 0.125.